The van der Waals surface area contributed by atoms with Crippen molar-refractivity contribution in [3.63, 3.8) is 0 Å². The molecule has 0 fully saturated rings. The number of nitrogens with two attached hydrogens (primary N) is 3. The summed E-state index contributed by atoms with van der Waals surface area (Å²) < 4.78 is 28.8. The van der Waals surface area contributed by atoms with E-state index in [0.717, 1.165) is 4.70 Å². The van der Waals surface area contributed by atoms with Crippen molar-refractivity contribution in [2.45, 2.75) is 37.1 Å². The average Bonchev–Trinajstić information content (AvgIpc) is 3.37. The predicted molar refractivity (Wildman–Crippen MR) is 158 cm³/mol. The molecule has 0 unspecified atom stereocenters. The number of nitrogens with zero attached hydrogens (tertiary/aromatic N) is 2. The largest absolute Gasteiger partial charge is 0.370 e. The number of hydrogen-bond donors (Lipinski definition) is 6. The van der Waals surface area contributed by atoms with Crippen molar-refractivity contribution in [3.05, 3.63) is 65.2 Å². The highest BCUT2D eigenvalue weighted by molar-refractivity contribution is 7.88. The molecule has 0 aliphatic carbocycles. The van der Waals surface area contributed by atoms with Gasteiger partial charge >= 0.3 is 0 Å². The molecular formula is C26H34N8O5S2. The summed E-state index contributed by atoms with van der Waals surface area (Å²) in [6.07, 6.45) is 0.538. The van der Waals surface area contributed by atoms with Gasteiger partial charge in [0.15, 0.2) is 11.0 Å². The fourth-order valence-electron chi connectivity index (χ4n) is 3.90. The lowest BCUT2D eigenvalue weighted by Gasteiger charge is -2.19. The molecule has 0 saturated heterocycles. The topological polar surface area (TPSA) is 225 Å². The second-order valence-electron chi connectivity index (χ2n) is 9.13. The molecule has 3 rings (SSSR count). The zero-order valence-electron chi connectivity index (χ0n) is 22.3. The molecule has 0 bridgehead atoms. The van der Waals surface area contributed by atoms with E-state index in [1.54, 1.807) is 36.4 Å². The van der Waals surface area contributed by atoms with Crippen LogP contribution in [0.3, 0.4) is 0 Å². The molecule has 0 saturated carbocycles. The van der Waals surface area contributed by atoms with Crippen molar-refractivity contribution in [1.82, 2.24) is 20.3 Å². The minimum atomic E-state index is -3.91. The number of ketones is 1. The summed E-state index contributed by atoms with van der Waals surface area (Å²) in [4.78, 5) is 47.0. The van der Waals surface area contributed by atoms with Crippen LogP contribution in [0.4, 0.5) is 0 Å². The highest BCUT2D eigenvalue weighted by Crippen LogP contribution is 2.23. The van der Waals surface area contributed by atoms with Gasteiger partial charge in [0.25, 0.3) is 0 Å². The lowest BCUT2D eigenvalue weighted by molar-refractivity contribution is -0.127. The number of nitrogens with one attached hydrogen (secondary N) is 3. The van der Waals surface area contributed by atoms with Gasteiger partial charge in [-0.2, -0.15) is 0 Å². The summed E-state index contributed by atoms with van der Waals surface area (Å²) in [5, 5.41) is 5.29. The van der Waals surface area contributed by atoms with Crippen LogP contribution in [0, 0.1) is 0 Å². The molecule has 0 radical (unpaired) electrons. The maximum absolute atomic E-state index is 13.1. The number of thiazole rings is 1. The molecular weight excluding hydrogens is 568 g/mol. The highest BCUT2D eigenvalue weighted by atomic mass is 32.2. The second-order valence-corrected chi connectivity index (χ2v) is 11.9. The zero-order valence-corrected chi connectivity index (χ0v) is 23.9. The van der Waals surface area contributed by atoms with E-state index in [9.17, 15) is 22.8 Å². The molecule has 41 heavy (non-hydrogen) atoms. The number of sulfonamides is 1. The molecule has 3 aromatic rings. The van der Waals surface area contributed by atoms with E-state index < -0.39 is 40.5 Å². The first kappa shape index (κ1) is 31.6. The molecule has 0 spiro atoms. The van der Waals surface area contributed by atoms with Crippen LogP contribution < -0.4 is 32.6 Å². The third-order valence-corrected chi connectivity index (χ3v) is 8.23. The average molecular weight is 603 g/mol. The Bertz CT molecular complexity index is 1440. The van der Waals surface area contributed by atoms with E-state index in [0.29, 0.717) is 17.5 Å². The van der Waals surface area contributed by atoms with Gasteiger partial charge in [-0.3, -0.25) is 19.4 Å². The summed E-state index contributed by atoms with van der Waals surface area (Å²) in [5.74, 6) is -2.20. The minimum Gasteiger partial charge on any atom is -0.370 e. The summed E-state index contributed by atoms with van der Waals surface area (Å²) in [6, 6.07) is 13.7. The van der Waals surface area contributed by atoms with Gasteiger partial charge in [0.1, 0.15) is 6.04 Å². The molecule has 15 heteroatoms. The third kappa shape index (κ3) is 10.2. The van der Waals surface area contributed by atoms with Crippen LogP contribution in [0.2, 0.25) is 0 Å². The number of aromatic nitrogens is 1. The third-order valence-electron chi connectivity index (χ3n) is 5.82. The molecule has 2 atom stereocenters. The summed E-state index contributed by atoms with van der Waals surface area (Å²) in [7, 11) is -3.91. The van der Waals surface area contributed by atoms with E-state index in [2.05, 4.69) is 25.3 Å². The highest BCUT2D eigenvalue weighted by Gasteiger charge is 2.27. The van der Waals surface area contributed by atoms with Crippen LogP contribution in [0.5, 0.6) is 0 Å². The summed E-state index contributed by atoms with van der Waals surface area (Å²) in [5.41, 5.74) is 17.6. The van der Waals surface area contributed by atoms with Crippen LogP contribution in [0.25, 0.3) is 10.2 Å². The van der Waals surface area contributed by atoms with Crippen LogP contribution in [-0.2, 0) is 25.4 Å². The number of fused-ring (bicyclic) bond motifs is 1. The lowest BCUT2D eigenvalue weighted by Crippen LogP contribution is -2.51. The minimum absolute atomic E-state index is 0.0736. The molecule has 0 aliphatic rings. The number of carbonyl (C=O) groups is 3. The first-order valence-electron chi connectivity index (χ1n) is 12.8. The van der Waals surface area contributed by atoms with Gasteiger partial charge in [0.05, 0.1) is 28.6 Å². The van der Waals surface area contributed by atoms with Gasteiger partial charge in [-0.1, -0.05) is 42.5 Å². The molecule has 220 valence electrons. The number of hydrogen-bond acceptors (Lipinski definition) is 9. The standard InChI is InChI=1S/C26H34N8O5S2/c27-13-12-19(23(36)25-33-18-9-4-5-11-21(18)40-25)32-22(35)15-31-24(37)20(10-6-14-30-26(28)29)34-41(38,39)16-17-7-2-1-3-8-17/h1-5,7-9,11,19-20,34H,6,10,12-16,27H2,(H,31,37)(H,32,35)(H4,28,29,30)/t19-,20+/m0/s1. The Morgan fingerprint density at radius 2 is 1.68 bits per heavy atom. The van der Waals surface area contributed by atoms with Crippen molar-refractivity contribution in [1.29, 1.82) is 0 Å². The van der Waals surface area contributed by atoms with Crippen LogP contribution in [-0.4, -0.2) is 68.7 Å². The van der Waals surface area contributed by atoms with Crippen molar-refractivity contribution < 1.29 is 22.8 Å². The quantitative estimate of drug-likeness (QED) is 0.0559. The van der Waals surface area contributed by atoms with Crippen LogP contribution >= 0.6 is 11.3 Å². The normalized spacial score (nSPS) is 12.8. The second kappa shape index (κ2) is 15.2. The monoisotopic (exact) mass is 602 g/mol. The number of aliphatic imine (C=N–C) groups is 1. The Kier molecular flexibility index (Phi) is 11.7. The smallest absolute Gasteiger partial charge is 0.239 e. The fourth-order valence-corrected chi connectivity index (χ4v) is 6.23. The van der Waals surface area contributed by atoms with Gasteiger partial charge in [0, 0.05) is 6.54 Å². The maximum Gasteiger partial charge on any atom is 0.239 e. The Hall–Kier alpha value is -3.92. The first-order valence-corrected chi connectivity index (χ1v) is 15.3. The van der Waals surface area contributed by atoms with Crippen molar-refractivity contribution in [3.8, 4) is 0 Å². The van der Waals surface area contributed by atoms with Crippen molar-refractivity contribution in [2.24, 2.45) is 22.2 Å². The van der Waals surface area contributed by atoms with Crippen LogP contribution in [0.1, 0.15) is 34.6 Å². The van der Waals surface area contributed by atoms with Gasteiger partial charge in [-0.15, -0.1) is 11.3 Å². The number of guanidine groups is 1. The number of benzene rings is 2. The van der Waals surface area contributed by atoms with E-state index in [1.165, 1.54) is 11.3 Å². The van der Waals surface area contributed by atoms with E-state index >= 15 is 0 Å². The molecule has 9 N–H and O–H groups in total. The summed E-state index contributed by atoms with van der Waals surface area (Å²) in [6.45, 7) is -0.172. The SMILES string of the molecule is NCC[C@H](NC(=O)CNC(=O)[C@@H](CCCN=C(N)N)NS(=O)(=O)Cc1ccccc1)C(=O)c1nc2ccccc2s1. The molecule has 2 amide bonds. The van der Waals surface area contributed by atoms with Gasteiger partial charge < -0.3 is 27.8 Å². The Morgan fingerprint density at radius 1 is 0.976 bits per heavy atom. The Balaban J connectivity index is 1.62. The number of para-hydroxylation sites is 1. The first-order chi connectivity index (χ1) is 19.6. The van der Waals surface area contributed by atoms with E-state index in [4.69, 9.17) is 17.2 Å². The van der Waals surface area contributed by atoms with Crippen LogP contribution in [0.15, 0.2) is 59.6 Å². The maximum atomic E-state index is 13.1. The zero-order chi connectivity index (χ0) is 29.8. The molecule has 2 aromatic carbocycles. The van der Waals surface area contributed by atoms with E-state index in [-0.39, 0.29) is 48.4 Å². The molecule has 1 aromatic heterocycles. The predicted octanol–water partition coefficient (Wildman–Crippen LogP) is -0.0294. The number of amides is 2. The van der Waals surface area contributed by atoms with Gasteiger partial charge in [-0.25, -0.2) is 18.1 Å². The number of carbonyl (C=O) groups excluding carboxylic acids is 3. The Labute approximate surface area is 242 Å². The molecule has 1 heterocycles. The number of Topliss-reactive ketones (excluding diaryl/α,β-unsaturated/α-hetero) is 1. The van der Waals surface area contributed by atoms with Gasteiger partial charge in [0.2, 0.25) is 27.6 Å². The fraction of sp³-hybridized carbons (Fsp3) is 0.346. The molecule has 13 nitrogen and oxygen atoms in total. The lowest BCUT2D eigenvalue weighted by atomic mass is 10.1. The van der Waals surface area contributed by atoms with Gasteiger partial charge in [-0.05, 0) is 43.5 Å². The summed E-state index contributed by atoms with van der Waals surface area (Å²) >= 11 is 1.21. The van der Waals surface area contributed by atoms with Crippen molar-refractivity contribution in [2.75, 3.05) is 19.6 Å². The van der Waals surface area contributed by atoms with Crippen molar-refractivity contribution >= 4 is 55.1 Å². The number of rotatable bonds is 16. The van der Waals surface area contributed by atoms with E-state index in [1.807, 2.05) is 18.2 Å². The molecule has 0 aliphatic heterocycles. The Morgan fingerprint density at radius 3 is 2.37 bits per heavy atom.